The quantitative estimate of drug-likeness (QED) is 0.310. The molecule has 0 spiro atoms. The summed E-state index contributed by atoms with van der Waals surface area (Å²) in [6, 6.07) is 4.22. The lowest BCUT2D eigenvalue weighted by Crippen LogP contribution is -2.58. The van der Waals surface area contributed by atoms with Gasteiger partial charge in [0, 0.05) is 5.56 Å². The highest BCUT2D eigenvalue weighted by molar-refractivity contribution is 6.02. The zero-order chi connectivity index (χ0) is 20.5. The third-order valence-corrected chi connectivity index (χ3v) is 3.44. The van der Waals surface area contributed by atoms with Gasteiger partial charge in [-0.2, -0.15) is 35.8 Å². The molecule has 0 heterocycles. The molecule has 0 fully saturated rings. The fraction of sp³-hybridized carbons (Fsp3) is 0.353. The Kier molecular flexibility index (Phi) is 5.58. The van der Waals surface area contributed by atoms with E-state index in [1.807, 2.05) is 0 Å². The number of nitrogens with zero attached hydrogens (tertiary/aromatic N) is 1. The summed E-state index contributed by atoms with van der Waals surface area (Å²) in [5.74, 6) is -6.09. The van der Waals surface area contributed by atoms with Gasteiger partial charge in [0.25, 0.3) is 0 Å². The molecule has 0 saturated heterocycles. The first-order valence-corrected chi connectivity index (χ1v) is 7.68. The predicted molar refractivity (Wildman–Crippen MR) is 86.4 cm³/mol. The van der Waals surface area contributed by atoms with Crippen LogP contribution in [0.3, 0.4) is 0 Å². The molecule has 0 atom stereocenters. The fourth-order valence-corrected chi connectivity index (χ4v) is 2.19. The van der Waals surface area contributed by atoms with Crippen LogP contribution in [0, 0.1) is 0 Å². The van der Waals surface area contributed by atoms with Gasteiger partial charge in [-0.05, 0) is 30.7 Å². The summed E-state index contributed by atoms with van der Waals surface area (Å²) in [5.41, 5.74) is 0.763. The number of halogens is 7. The van der Waals surface area contributed by atoms with Crippen molar-refractivity contribution in [2.24, 2.45) is 5.10 Å². The Bertz CT molecular complexity index is 832. The zero-order valence-electron chi connectivity index (χ0n) is 14.1. The second-order valence-electron chi connectivity index (χ2n) is 5.88. The third kappa shape index (κ3) is 4.25. The Balaban J connectivity index is 2.39. The summed E-state index contributed by atoms with van der Waals surface area (Å²) in [6.45, 7) is 3.40. The maximum Gasteiger partial charge on any atom is 0.462 e. The highest BCUT2D eigenvalue weighted by atomic mass is 19.4. The van der Waals surface area contributed by atoms with E-state index in [0.717, 1.165) is 6.21 Å². The van der Waals surface area contributed by atoms with Crippen LogP contribution in [0.5, 0.6) is 5.75 Å². The smallest absolute Gasteiger partial charge is 0.462 e. The maximum atomic E-state index is 13.3. The van der Waals surface area contributed by atoms with Crippen LogP contribution in [0.2, 0.25) is 0 Å². The van der Waals surface area contributed by atoms with Crippen LogP contribution >= 0.6 is 0 Å². The van der Waals surface area contributed by atoms with Crippen molar-refractivity contribution in [2.45, 2.75) is 38.1 Å². The van der Waals surface area contributed by atoms with Crippen LogP contribution in [-0.2, 0) is 0 Å². The third-order valence-electron chi connectivity index (χ3n) is 3.44. The van der Waals surface area contributed by atoms with Gasteiger partial charge in [0.15, 0.2) is 0 Å². The molecular formula is C17H15F7N2O. The van der Waals surface area contributed by atoms with Gasteiger partial charge >= 0.3 is 18.1 Å². The van der Waals surface area contributed by atoms with Crippen molar-refractivity contribution in [3.63, 3.8) is 0 Å². The molecule has 2 aromatic rings. The van der Waals surface area contributed by atoms with Gasteiger partial charge in [-0.1, -0.05) is 30.3 Å². The molecular weight excluding hydrogens is 381 g/mol. The van der Waals surface area contributed by atoms with E-state index < -0.39 is 18.1 Å². The van der Waals surface area contributed by atoms with E-state index in [9.17, 15) is 30.7 Å². The average molecular weight is 396 g/mol. The highest BCUT2D eigenvalue weighted by Crippen LogP contribution is 2.45. The molecule has 0 saturated carbocycles. The summed E-state index contributed by atoms with van der Waals surface area (Å²) in [5, 5.41) is 4.09. The number of hydrogen-bond donors (Lipinski definition) is 1. The van der Waals surface area contributed by atoms with Crippen LogP contribution in [-0.4, -0.2) is 30.5 Å². The van der Waals surface area contributed by atoms with Crippen LogP contribution in [0.1, 0.15) is 19.4 Å². The zero-order valence-corrected chi connectivity index (χ0v) is 14.1. The molecule has 0 radical (unpaired) electrons. The molecule has 2 rings (SSSR count). The van der Waals surface area contributed by atoms with Crippen molar-refractivity contribution in [1.82, 2.24) is 5.43 Å². The van der Waals surface area contributed by atoms with Gasteiger partial charge in [0.2, 0.25) is 0 Å². The van der Waals surface area contributed by atoms with Crippen LogP contribution in [0.25, 0.3) is 10.8 Å². The molecule has 0 aromatic heterocycles. The molecule has 0 aliphatic rings. The number of hydrazone groups is 1. The molecule has 0 aliphatic carbocycles. The molecule has 0 unspecified atom stereocenters. The Morgan fingerprint density at radius 1 is 0.963 bits per heavy atom. The first-order valence-electron chi connectivity index (χ1n) is 7.68. The van der Waals surface area contributed by atoms with Gasteiger partial charge < -0.3 is 4.74 Å². The van der Waals surface area contributed by atoms with Crippen LogP contribution in [0.15, 0.2) is 41.5 Å². The second-order valence-corrected chi connectivity index (χ2v) is 5.88. The Morgan fingerprint density at radius 3 is 2.19 bits per heavy atom. The summed E-state index contributed by atoms with van der Waals surface area (Å²) in [6.07, 6.45) is -6.02. The molecule has 1 N–H and O–H groups in total. The standard InChI is InChI=1S/C17H15F7N2O/c1-10(2)27-14-8-7-11-5-3-4-6-12(11)13(14)9-25-26-17(23,24)15(18,19)16(20,21)22/h3-10,26H,1-2H3/b25-9-. The summed E-state index contributed by atoms with van der Waals surface area (Å²) in [7, 11) is 0. The van der Waals surface area contributed by atoms with E-state index >= 15 is 0 Å². The summed E-state index contributed by atoms with van der Waals surface area (Å²) < 4.78 is 94.4. The van der Waals surface area contributed by atoms with Gasteiger partial charge in [-0.3, -0.25) is 0 Å². The summed E-state index contributed by atoms with van der Waals surface area (Å²) in [4.78, 5) is 0. The Labute approximate surface area is 149 Å². The number of fused-ring (bicyclic) bond motifs is 1. The van der Waals surface area contributed by atoms with E-state index in [2.05, 4.69) is 5.10 Å². The van der Waals surface area contributed by atoms with Crippen LogP contribution in [0.4, 0.5) is 30.7 Å². The van der Waals surface area contributed by atoms with Crippen molar-refractivity contribution in [2.75, 3.05) is 0 Å². The van der Waals surface area contributed by atoms with Crippen molar-refractivity contribution in [1.29, 1.82) is 0 Å². The van der Waals surface area contributed by atoms with Crippen molar-refractivity contribution < 1.29 is 35.5 Å². The molecule has 27 heavy (non-hydrogen) atoms. The normalized spacial score (nSPS) is 13.6. The van der Waals surface area contributed by atoms with Crippen molar-refractivity contribution in [3.05, 3.63) is 42.0 Å². The SMILES string of the molecule is CC(C)Oc1ccc2ccccc2c1/C=N\NC(F)(F)C(F)(F)C(F)(F)F. The van der Waals surface area contributed by atoms with E-state index in [4.69, 9.17) is 4.74 Å². The minimum absolute atomic E-state index is 0.153. The lowest BCUT2D eigenvalue weighted by molar-refractivity contribution is -0.361. The van der Waals surface area contributed by atoms with E-state index in [-0.39, 0.29) is 17.4 Å². The number of rotatable bonds is 6. The first kappa shape index (κ1) is 20.8. The monoisotopic (exact) mass is 396 g/mol. The Morgan fingerprint density at radius 2 is 1.59 bits per heavy atom. The average Bonchev–Trinajstić information content (AvgIpc) is 2.54. The highest BCUT2D eigenvalue weighted by Gasteiger charge is 2.73. The number of ether oxygens (including phenoxy) is 1. The van der Waals surface area contributed by atoms with Crippen molar-refractivity contribution in [3.8, 4) is 5.75 Å². The minimum Gasteiger partial charge on any atom is -0.490 e. The second kappa shape index (κ2) is 7.24. The molecule has 3 nitrogen and oxygen atoms in total. The molecule has 0 amide bonds. The number of nitrogens with one attached hydrogen (secondary N) is 1. The van der Waals surface area contributed by atoms with Crippen LogP contribution < -0.4 is 10.2 Å². The van der Waals surface area contributed by atoms with Gasteiger partial charge in [-0.15, -0.1) is 0 Å². The van der Waals surface area contributed by atoms with Gasteiger partial charge in [0.1, 0.15) is 5.75 Å². The lowest BCUT2D eigenvalue weighted by Gasteiger charge is -2.27. The van der Waals surface area contributed by atoms with E-state index in [0.29, 0.717) is 16.2 Å². The molecule has 0 bridgehead atoms. The predicted octanol–water partition coefficient (Wildman–Crippen LogP) is 5.34. The molecule has 2 aromatic carbocycles. The molecule has 0 aliphatic heterocycles. The first-order chi connectivity index (χ1) is 12.4. The van der Waals surface area contributed by atoms with E-state index in [1.165, 1.54) is 6.07 Å². The van der Waals surface area contributed by atoms with Gasteiger partial charge in [0.05, 0.1) is 12.3 Å². The van der Waals surface area contributed by atoms with E-state index in [1.54, 1.807) is 44.2 Å². The number of hydrogen-bond acceptors (Lipinski definition) is 3. The number of benzene rings is 2. The minimum atomic E-state index is -6.44. The molecule has 10 heteroatoms. The fourth-order valence-electron chi connectivity index (χ4n) is 2.19. The molecule has 148 valence electrons. The van der Waals surface area contributed by atoms with Crippen molar-refractivity contribution >= 4 is 17.0 Å². The largest absolute Gasteiger partial charge is 0.490 e. The summed E-state index contributed by atoms with van der Waals surface area (Å²) >= 11 is 0. The Hall–Kier alpha value is -2.52. The lowest BCUT2D eigenvalue weighted by atomic mass is 10.0. The maximum absolute atomic E-state index is 13.3. The van der Waals surface area contributed by atoms with Gasteiger partial charge in [-0.25, -0.2) is 5.43 Å². The number of alkyl halides is 7. The topological polar surface area (TPSA) is 33.6 Å².